The summed E-state index contributed by atoms with van der Waals surface area (Å²) in [5.41, 5.74) is 4.58. The van der Waals surface area contributed by atoms with Gasteiger partial charge in [0.25, 0.3) is 0 Å². The van der Waals surface area contributed by atoms with Gasteiger partial charge in [-0.2, -0.15) is 0 Å². The summed E-state index contributed by atoms with van der Waals surface area (Å²) in [4.78, 5) is 20.1. The molecular formula is C37H55N3O. The lowest BCUT2D eigenvalue weighted by molar-refractivity contribution is -0.117. The molecule has 1 aliphatic heterocycles. The number of carbonyl (C=O) groups is 1. The van der Waals surface area contributed by atoms with Gasteiger partial charge in [0.15, 0.2) is 0 Å². The molecule has 224 valence electrons. The molecule has 1 atom stereocenters. The Morgan fingerprint density at radius 3 is 1.85 bits per heavy atom. The molecule has 1 aromatic heterocycles. The molecule has 0 spiro atoms. The monoisotopic (exact) mass is 557 g/mol. The summed E-state index contributed by atoms with van der Waals surface area (Å²) in [5.74, 6) is 1.44. The fraction of sp³-hybridized carbons (Fsp3) is 0.622. The van der Waals surface area contributed by atoms with E-state index < -0.39 is 0 Å². The third-order valence-corrected chi connectivity index (χ3v) is 9.07. The Bertz CT molecular complexity index is 1160. The van der Waals surface area contributed by atoms with Gasteiger partial charge >= 0.3 is 0 Å². The van der Waals surface area contributed by atoms with E-state index in [-0.39, 0.29) is 11.8 Å². The highest BCUT2D eigenvalue weighted by Gasteiger charge is 2.34. The van der Waals surface area contributed by atoms with Crippen molar-refractivity contribution < 1.29 is 4.79 Å². The molecule has 1 aliphatic rings. The normalized spacial score (nSPS) is 15.4. The van der Waals surface area contributed by atoms with Crippen LogP contribution in [0.3, 0.4) is 0 Å². The molecule has 0 saturated carbocycles. The molecule has 2 heterocycles. The highest BCUT2D eigenvalue weighted by atomic mass is 16.2. The quantitative estimate of drug-likeness (QED) is 0.130. The van der Waals surface area contributed by atoms with Crippen molar-refractivity contribution in [2.75, 3.05) is 11.4 Å². The van der Waals surface area contributed by atoms with Gasteiger partial charge in [-0.25, -0.2) is 4.98 Å². The molecule has 2 aromatic carbocycles. The summed E-state index contributed by atoms with van der Waals surface area (Å²) in [6, 6.07) is 17.0. The number of unbranched alkanes of at least 4 members (excludes halogenated alkanes) is 15. The molecule has 4 heteroatoms. The molecule has 4 rings (SSSR count). The molecule has 0 bridgehead atoms. The van der Waals surface area contributed by atoms with E-state index in [2.05, 4.69) is 66.9 Å². The van der Waals surface area contributed by atoms with Crippen LogP contribution in [-0.4, -0.2) is 22.0 Å². The van der Waals surface area contributed by atoms with Crippen LogP contribution in [0.2, 0.25) is 0 Å². The molecule has 4 nitrogen and oxygen atoms in total. The Kier molecular flexibility index (Phi) is 13.3. The third-order valence-electron chi connectivity index (χ3n) is 9.07. The Hall–Kier alpha value is -2.62. The van der Waals surface area contributed by atoms with Gasteiger partial charge in [-0.1, -0.05) is 134 Å². The van der Waals surface area contributed by atoms with Crippen LogP contribution >= 0.6 is 0 Å². The third kappa shape index (κ3) is 9.45. The van der Waals surface area contributed by atoms with Gasteiger partial charge in [-0.3, -0.25) is 4.79 Å². The van der Waals surface area contributed by atoms with Crippen molar-refractivity contribution in [3.05, 3.63) is 59.9 Å². The number of fused-ring (bicyclic) bond motifs is 1. The van der Waals surface area contributed by atoms with Gasteiger partial charge in [0.05, 0.1) is 11.0 Å². The van der Waals surface area contributed by atoms with Crippen molar-refractivity contribution in [3.63, 3.8) is 0 Å². The first-order valence-corrected chi connectivity index (χ1v) is 17.1. The molecule has 1 amide bonds. The number of benzene rings is 2. The van der Waals surface area contributed by atoms with Crippen LogP contribution in [0.15, 0.2) is 48.5 Å². The average Bonchev–Trinajstić information content (AvgIpc) is 3.57. The molecule has 41 heavy (non-hydrogen) atoms. The van der Waals surface area contributed by atoms with Gasteiger partial charge in [0, 0.05) is 31.1 Å². The van der Waals surface area contributed by atoms with Crippen molar-refractivity contribution in [3.8, 4) is 0 Å². The highest BCUT2D eigenvalue weighted by Crippen LogP contribution is 2.33. The number of nitrogens with zero attached hydrogens (tertiary/aromatic N) is 3. The number of carbonyl (C=O) groups excluding carboxylic acids is 1. The van der Waals surface area contributed by atoms with Crippen LogP contribution in [-0.2, 0) is 17.8 Å². The maximum atomic E-state index is 13.0. The zero-order valence-corrected chi connectivity index (χ0v) is 26.1. The molecule has 0 aliphatic carbocycles. The first-order chi connectivity index (χ1) is 20.2. The number of amides is 1. The van der Waals surface area contributed by atoms with E-state index in [1.165, 1.54) is 114 Å². The molecular weight excluding hydrogens is 502 g/mol. The Balaban J connectivity index is 1.17. The lowest BCUT2D eigenvalue weighted by Crippen LogP contribution is -2.24. The van der Waals surface area contributed by atoms with E-state index in [0.717, 1.165) is 30.0 Å². The lowest BCUT2D eigenvalue weighted by atomic mass is 10.0. The van der Waals surface area contributed by atoms with E-state index in [1.54, 1.807) is 0 Å². The number of aromatic nitrogens is 2. The van der Waals surface area contributed by atoms with Gasteiger partial charge in [-0.15, -0.1) is 0 Å². The smallest absolute Gasteiger partial charge is 0.227 e. The van der Waals surface area contributed by atoms with Gasteiger partial charge in [0.2, 0.25) is 5.91 Å². The second-order valence-electron chi connectivity index (χ2n) is 12.3. The summed E-state index contributed by atoms with van der Waals surface area (Å²) in [7, 11) is 0. The number of hydrogen-bond donors (Lipinski definition) is 0. The Morgan fingerprint density at radius 1 is 0.707 bits per heavy atom. The summed E-state index contributed by atoms with van der Waals surface area (Å²) in [6.45, 7) is 6.16. The fourth-order valence-electron chi connectivity index (χ4n) is 6.50. The summed E-state index contributed by atoms with van der Waals surface area (Å²) in [5, 5.41) is 0. The SMILES string of the molecule is CCCCCCCCCCCCCCCCCCn1c(C2CC(=O)N(c3ccc(CC)cc3)C2)nc2ccccc21. The van der Waals surface area contributed by atoms with Gasteiger partial charge < -0.3 is 9.47 Å². The van der Waals surface area contributed by atoms with Crippen LogP contribution < -0.4 is 4.90 Å². The number of para-hydroxylation sites is 2. The van der Waals surface area contributed by atoms with Crippen LogP contribution in [0, 0.1) is 0 Å². The van der Waals surface area contributed by atoms with Crippen LogP contribution in [0.5, 0.6) is 0 Å². The predicted molar refractivity (Wildman–Crippen MR) is 175 cm³/mol. The number of anilines is 1. The maximum absolute atomic E-state index is 13.0. The molecule has 0 radical (unpaired) electrons. The zero-order chi connectivity index (χ0) is 28.7. The number of hydrogen-bond acceptors (Lipinski definition) is 2. The van der Waals surface area contributed by atoms with Crippen molar-refractivity contribution in [2.45, 2.75) is 142 Å². The van der Waals surface area contributed by atoms with Crippen molar-refractivity contribution in [2.24, 2.45) is 0 Å². The second-order valence-corrected chi connectivity index (χ2v) is 12.3. The first kappa shape index (κ1) is 31.3. The largest absolute Gasteiger partial charge is 0.328 e. The lowest BCUT2D eigenvalue weighted by Gasteiger charge is -2.18. The minimum Gasteiger partial charge on any atom is -0.328 e. The number of rotatable bonds is 20. The summed E-state index contributed by atoms with van der Waals surface area (Å²) in [6.07, 6.45) is 23.7. The zero-order valence-electron chi connectivity index (χ0n) is 26.1. The molecule has 1 saturated heterocycles. The van der Waals surface area contributed by atoms with E-state index in [9.17, 15) is 4.79 Å². The second kappa shape index (κ2) is 17.4. The molecule has 0 N–H and O–H groups in total. The maximum Gasteiger partial charge on any atom is 0.227 e. The summed E-state index contributed by atoms with van der Waals surface area (Å²) < 4.78 is 2.42. The van der Waals surface area contributed by atoms with Crippen LogP contribution in [0.1, 0.15) is 140 Å². The number of imidazole rings is 1. The van der Waals surface area contributed by atoms with Crippen molar-refractivity contribution in [1.82, 2.24) is 9.55 Å². The minimum absolute atomic E-state index is 0.141. The van der Waals surface area contributed by atoms with E-state index in [0.29, 0.717) is 13.0 Å². The molecule has 1 fully saturated rings. The topological polar surface area (TPSA) is 38.1 Å². The van der Waals surface area contributed by atoms with Crippen LogP contribution in [0.4, 0.5) is 5.69 Å². The van der Waals surface area contributed by atoms with E-state index in [4.69, 9.17) is 4.98 Å². The fourth-order valence-corrected chi connectivity index (χ4v) is 6.50. The first-order valence-electron chi connectivity index (χ1n) is 17.1. The van der Waals surface area contributed by atoms with Crippen LogP contribution in [0.25, 0.3) is 11.0 Å². The standard InChI is InChI=1S/C37H55N3O/c1-3-5-6-7-8-9-10-11-12-13-14-15-16-17-18-21-28-39-35-23-20-19-22-34(35)38-37(39)32-29-36(41)40(30-32)33-26-24-31(4-2)25-27-33/h19-20,22-27,32H,3-18,21,28-30H2,1-2H3. The number of aryl methyl sites for hydroxylation is 2. The van der Waals surface area contributed by atoms with Crippen molar-refractivity contribution >= 4 is 22.6 Å². The van der Waals surface area contributed by atoms with Gasteiger partial charge in [-0.05, 0) is 42.7 Å². The molecule has 1 unspecified atom stereocenters. The summed E-state index contributed by atoms with van der Waals surface area (Å²) >= 11 is 0. The Morgan fingerprint density at radius 2 is 1.27 bits per heavy atom. The predicted octanol–water partition coefficient (Wildman–Crippen LogP) is 10.4. The van der Waals surface area contributed by atoms with Gasteiger partial charge in [0.1, 0.15) is 5.82 Å². The minimum atomic E-state index is 0.141. The van der Waals surface area contributed by atoms with E-state index >= 15 is 0 Å². The molecule has 3 aromatic rings. The average molecular weight is 558 g/mol. The highest BCUT2D eigenvalue weighted by molar-refractivity contribution is 5.96. The van der Waals surface area contributed by atoms with Crippen molar-refractivity contribution in [1.29, 1.82) is 0 Å². The Labute approximate surface area is 249 Å². The van der Waals surface area contributed by atoms with E-state index in [1.807, 2.05) is 4.90 Å².